The first kappa shape index (κ1) is 6.27. The molecule has 0 spiro atoms. The molecule has 0 radical (unpaired) electrons. The Balaban J connectivity index is 2.63. The first-order chi connectivity index (χ1) is 2.77. The number of hydrogen-bond acceptors (Lipinski definition) is 4. The summed E-state index contributed by atoms with van der Waals surface area (Å²) in [6.45, 7) is 0. The average Bonchev–Trinajstić information content (AvgIpc) is 1.35. The van der Waals surface area contributed by atoms with Crippen LogP contribution in [0.2, 0.25) is 0 Å². The molecular formula is CH3O4P-2. The molecule has 38 valence electrons. The molecule has 0 bridgehead atoms. The van der Waals surface area contributed by atoms with E-state index in [0.717, 1.165) is 7.11 Å². The van der Waals surface area contributed by atoms with E-state index < -0.39 is 8.60 Å². The Morgan fingerprint density at radius 1 is 1.50 bits per heavy atom. The van der Waals surface area contributed by atoms with Crippen LogP contribution in [0, 0.1) is 0 Å². The quantitative estimate of drug-likeness (QED) is 0.247. The van der Waals surface area contributed by atoms with E-state index in [4.69, 9.17) is 0 Å². The molecule has 0 aliphatic heterocycles. The van der Waals surface area contributed by atoms with Gasteiger partial charge in [0.2, 0.25) is 0 Å². The van der Waals surface area contributed by atoms with Gasteiger partial charge in [0.25, 0.3) is 0 Å². The highest BCUT2D eigenvalue weighted by Crippen LogP contribution is 2.10. The van der Waals surface area contributed by atoms with E-state index in [9.17, 15) is 9.79 Å². The molecule has 0 saturated carbocycles. The van der Waals surface area contributed by atoms with Crippen molar-refractivity contribution in [2.24, 2.45) is 0 Å². The van der Waals surface area contributed by atoms with E-state index in [2.05, 4.69) is 9.56 Å². The van der Waals surface area contributed by atoms with E-state index in [1.165, 1.54) is 0 Å². The van der Waals surface area contributed by atoms with Crippen molar-refractivity contribution in [1.82, 2.24) is 0 Å². The molecule has 0 unspecified atom stereocenters. The molecule has 0 fully saturated rings. The summed E-state index contributed by atoms with van der Waals surface area (Å²) in [5.41, 5.74) is 0. The van der Waals surface area contributed by atoms with E-state index in [0.29, 0.717) is 0 Å². The molecule has 0 atom stereocenters. The molecule has 0 amide bonds. The third-order valence-corrected chi connectivity index (χ3v) is 0.406. The summed E-state index contributed by atoms with van der Waals surface area (Å²) in [4.78, 5) is 22.3. The van der Waals surface area contributed by atoms with Crippen molar-refractivity contribution in [2.75, 3.05) is 7.11 Å². The largest absolute Gasteiger partial charge is 0.818 e. The lowest BCUT2D eigenvalue weighted by atomic mass is 11.8. The van der Waals surface area contributed by atoms with Gasteiger partial charge in [0, 0.05) is 0 Å². The predicted octanol–water partition coefficient (Wildman–Crippen LogP) is -1.49. The molecule has 0 heterocycles. The van der Waals surface area contributed by atoms with E-state index in [1.54, 1.807) is 0 Å². The smallest absolute Gasteiger partial charge is 0.0715 e. The lowest BCUT2D eigenvalue weighted by Crippen LogP contribution is -2.09. The van der Waals surface area contributed by atoms with Crippen LogP contribution in [0.3, 0.4) is 0 Å². The zero-order chi connectivity index (χ0) is 4.99. The summed E-state index contributed by atoms with van der Waals surface area (Å²) >= 11 is 0. The Kier molecular flexibility index (Phi) is 3.62. The molecule has 0 saturated heterocycles. The Labute approximate surface area is 36.2 Å². The Morgan fingerprint density at radius 2 is 2.00 bits per heavy atom. The highest BCUT2D eigenvalue weighted by atomic mass is 31.2. The zero-order valence-corrected chi connectivity index (χ0v) is 3.97. The van der Waals surface area contributed by atoms with Gasteiger partial charge in [-0.15, -0.1) is 8.60 Å². The van der Waals surface area contributed by atoms with Crippen molar-refractivity contribution in [3.05, 3.63) is 0 Å². The van der Waals surface area contributed by atoms with Crippen molar-refractivity contribution < 1.29 is 19.3 Å². The van der Waals surface area contributed by atoms with Crippen LogP contribution >= 0.6 is 8.60 Å². The molecule has 0 aromatic rings. The highest BCUT2D eigenvalue weighted by Gasteiger charge is 1.64. The fourth-order valence-electron chi connectivity index (χ4n) is 0.0609. The van der Waals surface area contributed by atoms with Gasteiger partial charge in [-0.3, -0.25) is 0 Å². The van der Waals surface area contributed by atoms with Crippen LogP contribution in [0.15, 0.2) is 0 Å². The minimum atomic E-state index is -2.82. The van der Waals surface area contributed by atoms with E-state index >= 15 is 0 Å². The van der Waals surface area contributed by atoms with Gasteiger partial charge in [-0.2, -0.15) is 0 Å². The van der Waals surface area contributed by atoms with Crippen molar-refractivity contribution in [3.63, 3.8) is 0 Å². The van der Waals surface area contributed by atoms with E-state index in [-0.39, 0.29) is 0 Å². The Bertz CT molecular complexity index is 28.7. The maximum Gasteiger partial charge on any atom is 0.0715 e. The van der Waals surface area contributed by atoms with Gasteiger partial charge in [-0.25, -0.2) is 9.56 Å². The first-order valence-electron chi connectivity index (χ1n) is 1.12. The molecule has 0 aromatic carbocycles. The van der Waals surface area contributed by atoms with Gasteiger partial charge in [-0.1, -0.05) is 0 Å². The van der Waals surface area contributed by atoms with Crippen LogP contribution in [0.5, 0.6) is 0 Å². The standard InChI is InChI=1S/CH3O4P/c1-4-5-6(2)3/h1H3/q-2. The summed E-state index contributed by atoms with van der Waals surface area (Å²) in [6.07, 6.45) is 0. The van der Waals surface area contributed by atoms with Crippen LogP contribution in [0.4, 0.5) is 0 Å². The minimum absolute atomic E-state index is 1.12. The summed E-state index contributed by atoms with van der Waals surface area (Å²) in [6, 6.07) is 0. The third-order valence-electron chi connectivity index (χ3n) is 0.135. The average molecular weight is 110 g/mol. The highest BCUT2D eigenvalue weighted by molar-refractivity contribution is 7.36. The van der Waals surface area contributed by atoms with Crippen LogP contribution in [0.1, 0.15) is 0 Å². The number of rotatable bonds is 2. The van der Waals surface area contributed by atoms with Gasteiger partial charge < -0.3 is 9.79 Å². The van der Waals surface area contributed by atoms with Crippen LogP contribution < -0.4 is 9.79 Å². The fraction of sp³-hybridized carbons (Fsp3) is 1.00. The number of hydrogen-bond donors (Lipinski definition) is 0. The van der Waals surface area contributed by atoms with Crippen molar-refractivity contribution in [1.29, 1.82) is 0 Å². The van der Waals surface area contributed by atoms with Crippen LogP contribution in [-0.4, -0.2) is 7.11 Å². The van der Waals surface area contributed by atoms with Gasteiger partial charge in [-0.05, 0) is 0 Å². The van der Waals surface area contributed by atoms with E-state index in [1.807, 2.05) is 0 Å². The van der Waals surface area contributed by atoms with Crippen molar-refractivity contribution in [2.45, 2.75) is 0 Å². The lowest BCUT2D eigenvalue weighted by molar-refractivity contribution is -0.362. The predicted molar refractivity (Wildman–Crippen MR) is 15.0 cm³/mol. The normalized spacial score (nSPS) is 10.0. The SMILES string of the molecule is COOP([O-])[O-]. The summed E-state index contributed by atoms with van der Waals surface area (Å²) in [7, 11) is -1.71. The fourth-order valence-corrected chi connectivity index (χ4v) is 0.183. The second kappa shape index (κ2) is 3.46. The van der Waals surface area contributed by atoms with Crippen molar-refractivity contribution in [3.8, 4) is 0 Å². The summed E-state index contributed by atoms with van der Waals surface area (Å²) in [5.74, 6) is 0. The molecule has 0 rings (SSSR count). The second-order valence-electron chi connectivity index (χ2n) is 0.465. The zero-order valence-electron chi connectivity index (χ0n) is 3.08. The maximum absolute atomic E-state index is 9.29. The molecule has 0 N–H and O–H groups in total. The first-order valence-corrected chi connectivity index (χ1v) is 2.22. The Morgan fingerprint density at radius 3 is 2.00 bits per heavy atom. The summed E-state index contributed by atoms with van der Waals surface area (Å²) < 4.78 is 3.50. The van der Waals surface area contributed by atoms with Crippen LogP contribution in [-0.2, 0) is 9.56 Å². The second-order valence-corrected chi connectivity index (χ2v) is 1.06. The van der Waals surface area contributed by atoms with Crippen LogP contribution in [0.25, 0.3) is 0 Å². The monoisotopic (exact) mass is 110 g/mol. The topological polar surface area (TPSA) is 64.6 Å². The molecular weight excluding hydrogens is 107 g/mol. The minimum Gasteiger partial charge on any atom is -0.818 e. The molecule has 0 aliphatic carbocycles. The lowest BCUT2D eigenvalue weighted by Gasteiger charge is -2.25. The maximum atomic E-state index is 9.29. The Hall–Kier alpha value is 0.270. The molecule has 0 aliphatic rings. The molecule has 6 heavy (non-hydrogen) atoms. The molecule has 5 heteroatoms. The van der Waals surface area contributed by atoms with Gasteiger partial charge in [0.1, 0.15) is 0 Å². The van der Waals surface area contributed by atoms with Crippen molar-refractivity contribution >= 4 is 8.60 Å². The van der Waals surface area contributed by atoms with Gasteiger partial charge in [0.15, 0.2) is 0 Å². The third kappa shape index (κ3) is 4.27. The van der Waals surface area contributed by atoms with Gasteiger partial charge in [0.05, 0.1) is 7.11 Å². The molecule has 0 aromatic heterocycles. The summed E-state index contributed by atoms with van der Waals surface area (Å²) in [5, 5.41) is 0. The molecule has 4 nitrogen and oxygen atoms in total. The van der Waals surface area contributed by atoms with Gasteiger partial charge >= 0.3 is 0 Å².